The number of carbonyl (C=O) groups excluding carboxylic acids is 1. The molecule has 0 saturated heterocycles. The first-order valence-electron chi connectivity index (χ1n) is 9.99. The maximum absolute atomic E-state index is 12.5. The van der Waals surface area contributed by atoms with Gasteiger partial charge < -0.3 is 27.4 Å². The van der Waals surface area contributed by atoms with Gasteiger partial charge in [0.1, 0.15) is 5.82 Å². The van der Waals surface area contributed by atoms with E-state index in [9.17, 15) is 4.79 Å². The Labute approximate surface area is 190 Å². The number of rotatable bonds is 10. The smallest absolute Gasteiger partial charge is 0.241 e. The third-order valence-electron chi connectivity index (χ3n) is 4.44. The standard InChI is InChI=1S/C22H26BrN7O/c23-18-14-27-22(30-20(18)26-11-5-10-24)29-17-9-4-8-16(13-17)28-21(31)19(25)12-15-6-2-1-3-7-15/h1-4,6-9,13-14,19H,5,10-12,24-25H2,(H,28,31)(H2,26,27,29,30)/t19-/m0/s1. The molecule has 0 spiro atoms. The van der Waals surface area contributed by atoms with E-state index in [1.54, 1.807) is 18.3 Å². The van der Waals surface area contributed by atoms with Crippen LogP contribution in [0.2, 0.25) is 0 Å². The Morgan fingerprint density at radius 2 is 1.87 bits per heavy atom. The number of nitrogens with two attached hydrogens (primary N) is 2. The van der Waals surface area contributed by atoms with E-state index in [1.165, 1.54) is 0 Å². The second-order valence-electron chi connectivity index (χ2n) is 6.95. The van der Waals surface area contributed by atoms with Crippen molar-refractivity contribution in [2.24, 2.45) is 11.5 Å². The second kappa shape index (κ2) is 11.4. The van der Waals surface area contributed by atoms with Crippen molar-refractivity contribution in [3.63, 3.8) is 0 Å². The van der Waals surface area contributed by atoms with Crippen LogP contribution in [0.1, 0.15) is 12.0 Å². The average molecular weight is 484 g/mol. The van der Waals surface area contributed by atoms with E-state index in [0.717, 1.165) is 28.7 Å². The van der Waals surface area contributed by atoms with Gasteiger partial charge in [0.25, 0.3) is 0 Å². The predicted molar refractivity (Wildman–Crippen MR) is 128 cm³/mol. The average Bonchev–Trinajstić information content (AvgIpc) is 2.77. The molecule has 0 unspecified atom stereocenters. The van der Waals surface area contributed by atoms with Crippen molar-refractivity contribution in [2.75, 3.05) is 29.0 Å². The Bertz CT molecular complexity index is 1000. The summed E-state index contributed by atoms with van der Waals surface area (Å²) in [5.41, 5.74) is 14.0. The number of carbonyl (C=O) groups is 1. The van der Waals surface area contributed by atoms with Crippen molar-refractivity contribution in [3.8, 4) is 0 Å². The third kappa shape index (κ3) is 7.02. The van der Waals surface area contributed by atoms with Crippen LogP contribution in [0.3, 0.4) is 0 Å². The van der Waals surface area contributed by atoms with Crippen LogP contribution in [0.5, 0.6) is 0 Å². The highest BCUT2D eigenvalue weighted by Gasteiger charge is 2.14. The number of hydrogen-bond acceptors (Lipinski definition) is 7. The highest BCUT2D eigenvalue weighted by molar-refractivity contribution is 9.10. The first kappa shape index (κ1) is 22.7. The van der Waals surface area contributed by atoms with Crippen molar-refractivity contribution in [1.29, 1.82) is 0 Å². The normalized spacial score (nSPS) is 11.6. The lowest BCUT2D eigenvalue weighted by atomic mass is 10.1. The first-order chi connectivity index (χ1) is 15.0. The summed E-state index contributed by atoms with van der Waals surface area (Å²) in [7, 11) is 0. The molecule has 7 N–H and O–H groups in total. The molecular weight excluding hydrogens is 458 g/mol. The van der Waals surface area contributed by atoms with Gasteiger partial charge >= 0.3 is 0 Å². The molecule has 0 aliphatic rings. The third-order valence-corrected chi connectivity index (χ3v) is 5.02. The largest absolute Gasteiger partial charge is 0.369 e. The summed E-state index contributed by atoms with van der Waals surface area (Å²) in [6, 6.07) is 16.4. The number of hydrogen-bond donors (Lipinski definition) is 5. The van der Waals surface area contributed by atoms with E-state index in [4.69, 9.17) is 11.5 Å². The van der Waals surface area contributed by atoms with Crippen LogP contribution in [0.4, 0.5) is 23.1 Å². The van der Waals surface area contributed by atoms with Crippen molar-refractivity contribution in [1.82, 2.24) is 9.97 Å². The molecule has 0 aliphatic heterocycles. The number of anilines is 4. The van der Waals surface area contributed by atoms with Crippen LogP contribution in [0, 0.1) is 0 Å². The van der Waals surface area contributed by atoms with Gasteiger partial charge in [-0.25, -0.2) is 4.98 Å². The fourth-order valence-electron chi connectivity index (χ4n) is 2.86. The zero-order valence-electron chi connectivity index (χ0n) is 17.0. The van der Waals surface area contributed by atoms with Crippen LogP contribution >= 0.6 is 15.9 Å². The van der Waals surface area contributed by atoms with Crippen LogP contribution in [0.15, 0.2) is 65.3 Å². The molecule has 0 radical (unpaired) electrons. The van der Waals surface area contributed by atoms with E-state index in [1.807, 2.05) is 42.5 Å². The molecule has 3 aromatic rings. The molecule has 1 aromatic heterocycles. The molecule has 2 aromatic carbocycles. The highest BCUT2D eigenvalue weighted by atomic mass is 79.9. The number of nitrogens with one attached hydrogen (secondary N) is 3. The maximum Gasteiger partial charge on any atom is 0.241 e. The summed E-state index contributed by atoms with van der Waals surface area (Å²) < 4.78 is 0.767. The molecule has 0 saturated carbocycles. The molecule has 1 amide bonds. The minimum atomic E-state index is -0.643. The van der Waals surface area contributed by atoms with Gasteiger partial charge in [-0.05, 0) is 59.1 Å². The predicted octanol–water partition coefficient (Wildman–Crippen LogP) is 3.25. The highest BCUT2D eigenvalue weighted by Crippen LogP contribution is 2.23. The second-order valence-corrected chi connectivity index (χ2v) is 7.80. The Morgan fingerprint density at radius 3 is 2.65 bits per heavy atom. The quantitative estimate of drug-likeness (QED) is 0.279. The van der Waals surface area contributed by atoms with Crippen molar-refractivity contribution >= 4 is 45.0 Å². The molecule has 0 aliphatic carbocycles. The lowest BCUT2D eigenvalue weighted by Gasteiger charge is -2.14. The van der Waals surface area contributed by atoms with E-state index in [-0.39, 0.29) is 5.91 Å². The van der Waals surface area contributed by atoms with Gasteiger partial charge in [0, 0.05) is 24.1 Å². The number of nitrogens with zero attached hydrogens (tertiary/aromatic N) is 2. The number of amides is 1. The van der Waals surface area contributed by atoms with Crippen molar-refractivity contribution < 1.29 is 4.79 Å². The van der Waals surface area contributed by atoms with Crippen LogP contribution in [0.25, 0.3) is 0 Å². The summed E-state index contributed by atoms with van der Waals surface area (Å²) in [6.45, 7) is 1.32. The van der Waals surface area contributed by atoms with Crippen LogP contribution in [-0.2, 0) is 11.2 Å². The Kier molecular flexibility index (Phi) is 8.34. The Balaban J connectivity index is 1.62. The molecule has 8 nitrogen and oxygen atoms in total. The molecule has 1 atom stereocenters. The number of halogens is 1. The Morgan fingerprint density at radius 1 is 1.10 bits per heavy atom. The van der Waals surface area contributed by atoms with Crippen molar-refractivity contribution in [3.05, 3.63) is 70.8 Å². The first-order valence-corrected chi connectivity index (χ1v) is 10.8. The van der Waals surface area contributed by atoms with Crippen LogP contribution < -0.4 is 27.4 Å². The molecule has 0 bridgehead atoms. The lowest BCUT2D eigenvalue weighted by Crippen LogP contribution is -2.37. The lowest BCUT2D eigenvalue weighted by molar-refractivity contribution is -0.117. The fourth-order valence-corrected chi connectivity index (χ4v) is 3.19. The summed E-state index contributed by atoms with van der Waals surface area (Å²) in [6.07, 6.45) is 2.99. The minimum Gasteiger partial charge on any atom is -0.369 e. The maximum atomic E-state index is 12.5. The molecule has 162 valence electrons. The minimum absolute atomic E-state index is 0.243. The monoisotopic (exact) mass is 483 g/mol. The van der Waals surface area contributed by atoms with E-state index in [2.05, 4.69) is 41.8 Å². The van der Waals surface area contributed by atoms with Gasteiger partial charge in [-0.15, -0.1) is 0 Å². The zero-order valence-corrected chi connectivity index (χ0v) is 18.6. The number of aromatic nitrogens is 2. The fraction of sp³-hybridized carbons (Fsp3) is 0.227. The summed E-state index contributed by atoms with van der Waals surface area (Å²) in [4.78, 5) is 21.3. The molecule has 1 heterocycles. The zero-order chi connectivity index (χ0) is 22.1. The molecule has 31 heavy (non-hydrogen) atoms. The van der Waals surface area contributed by atoms with Gasteiger partial charge in [0.05, 0.1) is 10.5 Å². The molecule has 0 fully saturated rings. The van der Waals surface area contributed by atoms with E-state index in [0.29, 0.717) is 30.4 Å². The van der Waals surface area contributed by atoms with Gasteiger partial charge in [-0.3, -0.25) is 4.79 Å². The SMILES string of the molecule is NCCCNc1nc(Nc2cccc(NC(=O)[C@@H](N)Cc3ccccc3)c2)ncc1Br. The van der Waals surface area contributed by atoms with Crippen LogP contribution in [-0.4, -0.2) is 35.0 Å². The molecular formula is C22H26BrN7O. The Hall–Kier alpha value is -3.01. The van der Waals surface area contributed by atoms with Gasteiger partial charge in [0.15, 0.2) is 0 Å². The number of benzene rings is 2. The summed E-state index contributed by atoms with van der Waals surface area (Å²) >= 11 is 3.44. The van der Waals surface area contributed by atoms with Crippen molar-refractivity contribution in [2.45, 2.75) is 18.9 Å². The van der Waals surface area contributed by atoms with Gasteiger partial charge in [0.2, 0.25) is 11.9 Å². The topological polar surface area (TPSA) is 131 Å². The summed E-state index contributed by atoms with van der Waals surface area (Å²) in [5.74, 6) is 0.872. The van der Waals surface area contributed by atoms with E-state index >= 15 is 0 Å². The molecule has 3 rings (SSSR count). The van der Waals surface area contributed by atoms with Gasteiger partial charge in [-0.2, -0.15) is 4.98 Å². The summed E-state index contributed by atoms with van der Waals surface area (Å²) in [5, 5.41) is 9.24. The molecule has 9 heteroatoms. The van der Waals surface area contributed by atoms with E-state index < -0.39 is 6.04 Å². The van der Waals surface area contributed by atoms with Gasteiger partial charge in [-0.1, -0.05) is 36.4 Å².